The molecule has 1 aromatic carbocycles. The van der Waals surface area contributed by atoms with Crippen LogP contribution in [0.5, 0.6) is 5.75 Å². The largest absolute Gasteiger partial charge is 0.494 e. The highest BCUT2D eigenvalue weighted by atomic mass is 16.5. The first-order chi connectivity index (χ1) is 9.74. The smallest absolute Gasteiger partial charge is 0.119 e. The van der Waals surface area contributed by atoms with Gasteiger partial charge in [-0.1, -0.05) is 25.0 Å². The van der Waals surface area contributed by atoms with Crippen LogP contribution >= 0.6 is 0 Å². The van der Waals surface area contributed by atoms with Gasteiger partial charge in [0.25, 0.3) is 0 Å². The third-order valence-electron chi connectivity index (χ3n) is 4.37. The molecular formula is C17H28N2O. The van der Waals surface area contributed by atoms with E-state index < -0.39 is 0 Å². The van der Waals surface area contributed by atoms with Crippen LogP contribution in [0.1, 0.15) is 51.1 Å². The number of rotatable bonds is 6. The van der Waals surface area contributed by atoms with Gasteiger partial charge in [-0.25, -0.2) is 0 Å². The van der Waals surface area contributed by atoms with Gasteiger partial charge in [-0.15, -0.1) is 0 Å². The van der Waals surface area contributed by atoms with Crippen LogP contribution in [0, 0.1) is 5.92 Å². The summed E-state index contributed by atoms with van der Waals surface area (Å²) >= 11 is 0. The maximum absolute atomic E-state index is 5.90. The van der Waals surface area contributed by atoms with Crippen LogP contribution in [0.15, 0.2) is 24.3 Å². The van der Waals surface area contributed by atoms with Crippen molar-refractivity contribution >= 4 is 0 Å². The van der Waals surface area contributed by atoms with Crippen molar-refractivity contribution in [1.29, 1.82) is 0 Å². The quantitative estimate of drug-likeness (QED) is 0.838. The van der Waals surface area contributed by atoms with Crippen molar-refractivity contribution in [1.82, 2.24) is 5.32 Å². The predicted octanol–water partition coefficient (Wildman–Crippen LogP) is 3.25. The maximum atomic E-state index is 5.90. The molecule has 0 spiro atoms. The summed E-state index contributed by atoms with van der Waals surface area (Å²) in [6.45, 7) is 5.76. The molecule has 3 heteroatoms. The van der Waals surface area contributed by atoms with Crippen LogP contribution in [0.2, 0.25) is 0 Å². The van der Waals surface area contributed by atoms with Gasteiger partial charge in [-0.3, -0.25) is 0 Å². The normalized spacial score (nSPS) is 24.4. The van der Waals surface area contributed by atoms with Gasteiger partial charge in [0.15, 0.2) is 0 Å². The number of ether oxygens (including phenoxy) is 1. The molecule has 0 aliphatic heterocycles. The predicted molar refractivity (Wildman–Crippen MR) is 84.0 cm³/mol. The minimum absolute atomic E-state index is 0.364. The summed E-state index contributed by atoms with van der Waals surface area (Å²) in [4.78, 5) is 0. The van der Waals surface area contributed by atoms with Crippen molar-refractivity contribution < 1.29 is 4.74 Å². The minimum Gasteiger partial charge on any atom is -0.494 e. The Labute approximate surface area is 122 Å². The summed E-state index contributed by atoms with van der Waals surface area (Å²) in [5.74, 6) is 1.58. The molecule has 3 N–H and O–H groups in total. The first kappa shape index (κ1) is 15.3. The molecule has 1 saturated carbocycles. The van der Waals surface area contributed by atoms with E-state index in [0.29, 0.717) is 24.6 Å². The zero-order valence-corrected chi connectivity index (χ0v) is 12.8. The summed E-state index contributed by atoms with van der Waals surface area (Å²) in [5.41, 5.74) is 7.22. The third-order valence-corrected chi connectivity index (χ3v) is 4.37. The number of benzene rings is 1. The fourth-order valence-electron chi connectivity index (χ4n) is 3.15. The van der Waals surface area contributed by atoms with Crippen molar-refractivity contribution in [3.05, 3.63) is 29.8 Å². The molecule has 3 atom stereocenters. The molecule has 0 heterocycles. The SMILES string of the molecule is CCOc1ccc(C(C)NC2CCCCC2CN)cc1. The lowest BCUT2D eigenvalue weighted by atomic mass is 9.84. The molecular weight excluding hydrogens is 248 g/mol. The molecule has 0 saturated heterocycles. The maximum Gasteiger partial charge on any atom is 0.119 e. The third kappa shape index (κ3) is 3.97. The number of nitrogens with one attached hydrogen (secondary N) is 1. The molecule has 3 nitrogen and oxygen atoms in total. The second kappa shape index (κ2) is 7.65. The molecule has 1 aliphatic carbocycles. The minimum atomic E-state index is 0.364. The van der Waals surface area contributed by atoms with E-state index in [9.17, 15) is 0 Å². The zero-order chi connectivity index (χ0) is 14.4. The summed E-state index contributed by atoms with van der Waals surface area (Å²) in [6.07, 6.45) is 5.18. The Hall–Kier alpha value is -1.06. The number of hydrogen-bond acceptors (Lipinski definition) is 3. The summed E-state index contributed by atoms with van der Waals surface area (Å²) in [5, 5.41) is 3.77. The second-order valence-corrected chi connectivity index (χ2v) is 5.78. The molecule has 0 amide bonds. The monoisotopic (exact) mass is 276 g/mol. The van der Waals surface area contributed by atoms with Gasteiger partial charge in [0.1, 0.15) is 5.75 Å². The average molecular weight is 276 g/mol. The molecule has 20 heavy (non-hydrogen) atoms. The van der Waals surface area contributed by atoms with Gasteiger partial charge in [0.2, 0.25) is 0 Å². The highest BCUT2D eigenvalue weighted by molar-refractivity contribution is 5.29. The van der Waals surface area contributed by atoms with Crippen LogP contribution < -0.4 is 15.8 Å². The Bertz CT molecular complexity index is 390. The fraction of sp³-hybridized carbons (Fsp3) is 0.647. The lowest BCUT2D eigenvalue weighted by Gasteiger charge is -2.34. The highest BCUT2D eigenvalue weighted by Crippen LogP contribution is 2.26. The second-order valence-electron chi connectivity index (χ2n) is 5.78. The van der Waals surface area contributed by atoms with E-state index in [1.165, 1.54) is 31.2 Å². The van der Waals surface area contributed by atoms with Crippen LogP contribution in [0.25, 0.3) is 0 Å². The van der Waals surface area contributed by atoms with Crippen molar-refractivity contribution in [2.75, 3.05) is 13.2 Å². The average Bonchev–Trinajstić information content (AvgIpc) is 2.49. The van der Waals surface area contributed by atoms with Crippen LogP contribution in [-0.4, -0.2) is 19.2 Å². The Morgan fingerprint density at radius 3 is 2.60 bits per heavy atom. The Balaban J connectivity index is 1.94. The van der Waals surface area contributed by atoms with E-state index in [0.717, 1.165) is 12.3 Å². The van der Waals surface area contributed by atoms with Crippen molar-refractivity contribution in [2.24, 2.45) is 11.7 Å². The standard InChI is InChI=1S/C17H28N2O/c1-3-20-16-10-8-14(9-11-16)13(2)19-17-7-5-4-6-15(17)12-18/h8-11,13,15,17,19H,3-7,12,18H2,1-2H3. The molecule has 0 bridgehead atoms. The Morgan fingerprint density at radius 2 is 1.95 bits per heavy atom. The lowest BCUT2D eigenvalue weighted by molar-refractivity contribution is 0.252. The zero-order valence-electron chi connectivity index (χ0n) is 12.8. The van der Waals surface area contributed by atoms with Gasteiger partial charge in [-0.2, -0.15) is 0 Å². The van der Waals surface area contributed by atoms with Crippen molar-refractivity contribution in [3.8, 4) is 5.75 Å². The van der Waals surface area contributed by atoms with E-state index in [-0.39, 0.29) is 0 Å². The van der Waals surface area contributed by atoms with Gasteiger partial charge >= 0.3 is 0 Å². The molecule has 0 aromatic heterocycles. The molecule has 1 aromatic rings. The van der Waals surface area contributed by atoms with E-state index in [4.69, 9.17) is 10.5 Å². The summed E-state index contributed by atoms with van der Waals surface area (Å²) < 4.78 is 5.49. The fourth-order valence-corrected chi connectivity index (χ4v) is 3.15. The Morgan fingerprint density at radius 1 is 1.25 bits per heavy atom. The Kier molecular flexibility index (Phi) is 5.86. The molecule has 0 radical (unpaired) electrons. The van der Waals surface area contributed by atoms with E-state index in [2.05, 4.69) is 36.5 Å². The van der Waals surface area contributed by atoms with Crippen LogP contribution in [-0.2, 0) is 0 Å². The van der Waals surface area contributed by atoms with E-state index in [1.54, 1.807) is 0 Å². The molecule has 1 aliphatic rings. The molecule has 1 fully saturated rings. The van der Waals surface area contributed by atoms with Crippen molar-refractivity contribution in [2.45, 2.75) is 51.6 Å². The summed E-state index contributed by atoms with van der Waals surface area (Å²) in [7, 11) is 0. The number of nitrogens with two attached hydrogens (primary N) is 1. The first-order valence-corrected chi connectivity index (χ1v) is 7.93. The summed E-state index contributed by atoms with van der Waals surface area (Å²) in [6, 6.07) is 9.35. The van der Waals surface area contributed by atoms with Crippen LogP contribution in [0.4, 0.5) is 0 Å². The van der Waals surface area contributed by atoms with Gasteiger partial charge < -0.3 is 15.8 Å². The molecule has 3 unspecified atom stereocenters. The van der Waals surface area contributed by atoms with E-state index in [1.807, 2.05) is 6.92 Å². The molecule has 2 rings (SSSR count). The van der Waals surface area contributed by atoms with Gasteiger partial charge in [0, 0.05) is 12.1 Å². The lowest BCUT2D eigenvalue weighted by Crippen LogP contribution is -2.42. The highest BCUT2D eigenvalue weighted by Gasteiger charge is 2.25. The topological polar surface area (TPSA) is 47.3 Å². The number of hydrogen-bond donors (Lipinski definition) is 2. The van der Waals surface area contributed by atoms with Crippen molar-refractivity contribution in [3.63, 3.8) is 0 Å². The van der Waals surface area contributed by atoms with Gasteiger partial charge in [-0.05, 0) is 56.8 Å². The van der Waals surface area contributed by atoms with Crippen LogP contribution in [0.3, 0.4) is 0 Å². The van der Waals surface area contributed by atoms with Gasteiger partial charge in [0.05, 0.1) is 6.61 Å². The first-order valence-electron chi connectivity index (χ1n) is 7.93. The van der Waals surface area contributed by atoms with E-state index >= 15 is 0 Å². The molecule has 112 valence electrons.